The van der Waals surface area contributed by atoms with Crippen LogP contribution in [0.2, 0.25) is 0 Å². The summed E-state index contributed by atoms with van der Waals surface area (Å²) >= 11 is 0. The SMILES string of the molecule is CC(C)CCNC(C)C(=O)c1ccccc1. The van der Waals surface area contributed by atoms with Crippen molar-refractivity contribution in [1.82, 2.24) is 5.32 Å². The van der Waals surface area contributed by atoms with Gasteiger partial charge in [0, 0.05) is 5.56 Å². The average Bonchev–Trinajstić information content (AvgIpc) is 2.28. The van der Waals surface area contributed by atoms with Gasteiger partial charge < -0.3 is 5.32 Å². The molecule has 0 amide bonds. The van der Waals surface area contributed by atoms with Gasteiger partial charge in [-0.3, -0.25) is 4.79 Å². The fourth-order valence-corrected chi connectivity index (χ4v) is 1.53. The zero-order chi connectivity index (χ0) is 12.0. The summed E-state index contributed by atoms with van der Waals surface area (Å²) in [6.45, 7) is 7.20. The Balaban J connectivity index is 2.43. The van der Waals surface area contributed by atoms with Crippen LogP contribution in [0.3, 0.4) is 0 Å². The summed E-state index contributed by atoms with van der Waals surface area (Å²) < 4.78 is 0. The molecule has 1 unspecified atom stereocenters. The van der Waals surface area contributed by atoms with Crippen LogP contribution in [-0.4, -0.2) is 18.4 Å². The van der Waals surface area contributed by atoms with E-state index in [4.69, 9.17) is 0 Å². The monoisotopic (exact) mass is 219 g/mol. The van der Waals surface area contributed by atoms with Crippen LogP contribution in [0.1, 0.15) is 37.6 Å². The van der Waals surface area contributed by atoms with E-state index in [9.17, 15) is 4.79 Å². The normalized spacial score (nSPS) is 12.8. The number of hydrogen-bond acceptors (Lipinski definition) is 2. The van der Waals surface area contributed by atoms with Crippen molar-refractivity contribution in [3.8, 4) is 0 Å². The molecule has 16 heavy (non-hydrogen) atoms. The highest BCUT2D eigenvalue weighted by atomic mass is 16.1. The molecular weight excluding hydrogens is 198 g/mol. The fraction of sp³-hybridized carbons (Fsp3) is 0.500. The smallest absolute Gasteiger partial charge is 0.179 e. The van der Waals surface area contributed by atoms with Crippen LogP contribution < -0.4 is 5.32 Å². The van der Waals surface area contributed by atoms with Gasteiger partial charge in [0.25, 0.3) is 0 Å². The molecule has 0 aromatic heterocycles. The predicted molar refractivity (Wildman–Crippen MR) is 67.7 cm³/mol. The summed E-state index contributed by atoms with van der Waals surface area (Å²) in [5.41, 5.74) is 0.784. The number of hydrogen-bond donors (Lipinski definition) is 1. The topological polar surface area (TPSA) is 29.1 Å². The van der Waals surface area contributed by atoms with Crippen molar-refractivity contribution < 1.29 is 4.79 Å². The number of rotatable bonds is 6. The van der Waals surface area contributed by atoms with E-state index in [0.717, 1.165) is 18.5 Å². The molecule has 0 bridgehead atoms. The van der Waals surface area contributed by atoms with E-state index in [0.29, 0.717) is 5.92 Å². The first kappa shape index (κ1) is 12.9. The summed E-state index contributed by atoms with van der Waals surface area (Å²) in [6.07, 6.45) is 1.10. The van der Waals surface area contributed by atoms with Crippen LogP contribution in [0, 0.1) is 5.92 Å². The van der Waals surface area contributed by atoms with Gasteiger partial charge in [0.1, 0.15) is 0 Å². The minimum Gasteiger partial charge on any atom is -0.307 e. The van der Waals surface area contributed by atoms with Gasteiger partial charge in [0.15, 0.2) is 5.78 Å². The maximum atomic E-state index is 12.0. The van der Waals surface area contributed by atoms with Gasteiger partial charge in [0.05, 0.1) is 6.04 Å². The van der Waals surface area contributed by atoms with Gasteiger partial charge in [-0.2, -0.15) is 0 Å². The molecule has 0 aliphatic rings. The second kappa shape index (κ2) is 6.44. The first-order chi connectivity index (χ1) is 7.61. The van der Waals surface area contributed by atoms with E-state index in [-0.39, 0.29) is 11.8 Å². The van der Waals surface area contributed by atoms with Crippen molar-refractivity contribution in [3.05, 3.63) is 35.9 Å². The van der Waals surface area contributed by atoms with Crippen LogP contribution in [0.4, 0.5) is 0 Å². The number of nitrogens with one attached hydrogen (secondary N) is 1. The lowest BCUT2D eigenvalue weighted by atomic mass is 10.1. The van der Waals surface area contributed by atoms with Crippen LogP contribution in [0.15, 0.2) is 30.3 Å². The zero-order valence-electron chi connectivity index (χ0n) is 10.4. The lowest BCUT2D eigenvalue weighted by Gasteiger charge is -2.13. The Hall–Kier alpha value is -1.15. The molecule has 2 nitrogen and oxygen atoms in total. The second-order valence-corrected chi connectivity index (χ2v) is 4.59. The lowest BCUT2D eigenvalue weighted by Crippen LogP contribution is -2.35. The Morgan fingerprint density at radius 2 is 1.81 bits per heavy atom. The average molecular weight is 219 g/mol. The molecule has 1 rings (SSSR count). The molecule has 0 radical (unpaired) electrons. The highest BCUT2D eigenvalue weighted by molar-refractivity contribution is 5.99. The van der Waals surface area contributed by atoms with Crippen molar-refractivity contribution in [2.24, 2.45) is 5.92 Å². The minimum absolute atomic E-state index is 0.0962. The van der Waals surface area contributed by atoms with Gasteiger partial charge in [-0.25, -0.2) is 0 Å². The largest absolute Gasteiger partial charge is 0.307 e. The highest BCUT2D eigenvalue weighted by Gasteiger charge is 2.13. The van der Waals surface area contributed by atoms with E-state index < -0.39 is 0 Å². The maximum Gasteiger partial charge on any atom is 0.179 e. The van der Waals surface area contributed by atoms with Crippen molar-refractivity contribution >= 4 is 5.78 Å². The molecule has 0 heterocycles. The molecule has 0 spiro atoms. The molecule has 0 aliphatic carbocycles. The third kappa shape index (κ3) is 4.15. The van der Waals surface area contributed by atoms with Gasteiger partial charge in [0.2, 0.25) is 0 Å². The van der Waals surface area contributed by atoms with Gasteiger partial charge in [-0.1, -0.05) is 44.2 Å². The number of carbonyl (C=O) groups is 1. The third-order valence-electron chi connectivity index (χ3n) is 2.62. The van der Waals surface area contributed by atoms with Crippen molar-refractivity contribution in [1.29, 1.82) is 0 Å². The Labute approximate surface area is 98.1 Å². The number of benzene rings is 1. The van der Waals surface area contributed by atoms with E-state index in [1.807, 2.05) is 37.3 Å². The molecule has 0 saturated heterocycles. The second-order valence-electron chi connectivity index (χ2n) is 4.59. The first-order valence-corrected chi connectivity index (χ1v) is 5.94. The summed E-state index contributed by atoms with van der Waals surface area (Å²) in [5.74, 6) is 0.843. The van der Waals surface area contributed by atoms with Crippen molar-refractivity contribution in [3.63, 3.8) is 0 Å². The first-order valence-electron chi connectivity index (χ1n) is 5.94. The maximum absolute atomic E-state index is 12.0. The number of Topliss-reactive ketones (excluding diaryl/α,β-unsaturated/α-hetero) is 1. The van der Waals surface area contributed by atoms with Gasteiger partial charge in [-0.15, -0.1) is 0 Å². The Morgan fingerprint density at radius 3 is 2.38 bits per heavy atom. The van der Waals surface area contributed by atoms with Crippen molar-refractivity contribution in [2.75, 3.05) is 6.54 Å². The molecule has 0 aliphatic heterocycles. The highest BCUT2D eigenvalue weighted by Crippen LogP contribution is 2.04. The van der Waals surface area contributed by atoms with E-state index in [1.165, 1.54) is 0 Å². The summed E-state index contributed by atoms with van der Waals surface area (Å²) in [7, 11) is 0. The quantitative estimate of drug-likeness (QED) is 0.745. The molecule has 1 atom stereocenters. The molecule has 0 fully saturated rings. The fourth-order valence-electron chi connectivity index (χ4n) is 1.53. The molecule has 1 N–H and O–H groups in total. The zero-order valence-corrected chi connectivity index (χ0v) is 10.4. The number of carbonyl (C=O) groups excluding carboxylic acids is 1. The van der Waals surface area contributed by atoms with E-state index in [1.54, 1.807) is 0 Å². The standard InChI is InChI=1S/C14H21NO/c1-11(2)9-10-15-12(3)14(16)13-7-5-4-6-8-13/h4-8,11-12,15H,9-10H2,1-3H3. The Morgan fingerprint density at radius 1 is 1.19 bits per heavy atom. The van der Waals surface area contributed by atoms with Crippen LogP contribution >= 0.6 is 0 Å². The third-order valence-corrected chi connectivity index (χ3v) is 2.62. The molecule has 88 valence electrons. The molecule has 2 heteroatoms. The number of ketones is 1. The van der Waals surface area contributed by atoms with Gasteiger partial charge >= 0.3 is 0 Å². The Kier molecular flexibility index (Phi) is 5.20. The van der Waals surface area contributed by atoms with Crippen LogP contribution in [0.25, 0.3) is 0 Å². The van der Waals surface area contributed by atoms with E-state index >= 15 is 0 Å². The molecular formula is C14H21NO. The molecule has 1 aromatic rings. The summed E-state index contributed by atoms with van der Waals surface area (Å²) in [6, 6.07) is 9.35. The lowest BCUT2D eigenvalue weighted by molar-refractivity contribution is 0.0950. The minimum atomic E-state index is -0.0962. The summed E-state index contributed by atoms with van der Waals surface area (Å²) in [5, 5.41) is 3.26. The van der Waals surface area contributed by atoms with Crippen LogP contribution in [0.5, 0.6) is 0 Å². The van der Waals surface area contributed by atoms with Crippen LogP contribution in [-0.2, 0) is 0 Å². The Bertz CT molecular complexity index is 319. The van der Waals surface area contributed by atoms with E-state index in [2.05, 4.69) is 19.2 Å². The summed E-state index contributed by atoms with van der Waals surface area (Å²) in [4.78, 5) is 12.0. The molecule has 1 aromatic carbocycles. The van der Waals surface area contributed by atoms with Gasteiger partial charge in [-0.05, 0) is 25.8 Å². The van der Waals surface area contributed by atoms with Crippen molar-refractivity contribution in [2.45, 2.75) is 33.2 Å². The molecule has 0 saturated carbocycles. The predicted octanol–water partition coefficient (Wildman–Crippen LogP) is 2.89.